The van der Waals surface area contributed by atoms with Crippen LogP contribution in [0.3, 0.4) is 0 Å². The molecule has 1 saturated heterocycles. The van der Waals surface area contributed by atoms with Crippen molar-refractivity contribution < 1.29 is 28.7 Å². The molecule has 2 aliphatic carbocycles. The number of carbonyl (C=O) groups is 5. The third-order valence-electron chi connectivity index (χ3n) is 8.30. The largest absolute Gasteiger partial charge is 0.381 e. The van der Waals surface area contributed by atoms with Gasteiger partial charge >= 0.3 is 0 Å². The zero-order valence-corrected chi connectivity index (χ0v) is 20.6. The van der Waals surface area contributed by atoms with Crippen LogP contribution in [0.25, 0.3) is 0 Å². The van der Waals surface area contributed by atoms with E-state index in [1.165, 1.54) is 11.9 Å². The van der Waals surface area contributed by atoms with E-state index >= 15 is 0 Å². The maximum Gasteiger partial charge on any atom is 0.249 e. The number of amides is 5. The fraction of sp³-hybridized carbons (Fsp3) is 0.792. The van der Waals surface area contributed by atoms with E-state index in [9.17, 15) is 24.0 Å². The van der Waals surface area contributed by atoms with Gasteiger partial charge in [0.05, 0.1) is 0 Å². The second kappa shape index (κ2) is 10.9. The van der Waals surface area contributed by atoms with Gasteiger partial charge in [-0.3, -0.25) is 39.1 Å². The molecule has 3 fully saturated rings. The summed E-state index contributed by atoms with van der Waals surface area (Å²) in [5.41, 5.74) is -0.645. The predicted molar refractivity (Wildman–Crippen MR) is 123 cm³/mol. The molecule has 3 rings (SSSR count). The normalized spacial score (nSPS) is 29.2. The SMILES string of the molecule is CN(C=O)C(=O)C1(N(C)CC2CCOCC2)CC2(CCC(N(C)C(=O)CC(=O)NC=O)CC2)C1. The molecule has 1 heterocycles. The van der Waals surface area contributed by atoms with Gasteiger partial charge in [0.25, 0.3) is 0 Å². The fourth-order valence-corrected chi connectivity index (χ4v) is 6.18. The standard InChI is InChI=1S/C24H38N4O6/c1-26(17-30)22(33)24(27(2)13-18-6-10-34-11-7-18)14-23(15-24)8-4-19(5-9-23)28(3)21(32)12-20(31)25-16-29/h16-19H,4-15H2,1-3H3,(H,25,29,31). The van der Waals surface area contributed by atoms with E-state index in [0.717, 1.165) is 58.3 Å². The fourth-order valence-electron chi connectivity index (χ4n) is 6.18. The van der Waals surface area contributed by atoms with Gasteiger partial charge in [-0.05, 0) is 69.7 Å². The number of carbonyl (C=O) groups excluding carboxylic acids is 5. The van der Waals surface area contributed by atoms with Gasteiger partial charge < -0.3 is 9.64 Å². The third kappa shape index (κ3) is 5.49. The van der Waals surface area contributed by atoms with E-state index < -0.39 is 11.4 Å². The van der Waals surface area contributed by atoms with Gasteiger partial charge in [-0.25, -0.2) is 0 Å². The van der Waals surface area contributed by atoms with Crippen LogP contribution < -0.4 is 5.32 Å². The number of rotatable bonds is 9. The van der Waals surface area contributed by atoms with Crippen LogP contribution in [-0.2, 0) is 28.7 Å². The van der Waals surface area contributed by atoms with E-state index in [-0.39, 0.29) is 36.1 Å². The number of nitrogens with zero attached hydrogens (tertiary/aromatic N) is 3. The van der Waals surface area contributed by atoms with Crippen LogP contribution in [0.5, 0.6) is 0 Å². The Hall–Kier alpha value is -2.33. The lowest BCUT2D eigenvalue weighted by atomic mass is 9.50. The molecule has 34 heavy (non-hydrogen) atoms. The van der Waals surface area contributed by atoms with Crippen molar-refractivity contribution in [3.8, 4) is 0 Å². The Morgan fingerprint density at radius 2 is 1.62 bits per heavy atom. The van der Waals surface area contributed by atoms with Crippen molar-refractivity contribution in [1.29, 1.82) is 0 Å². The predicted octanol–water partition coefficient (Wildman–Crippen LogP) is 0.542. The van der Waals surface area contributed by atoms with Crippen molar-refractivity contribution in [3.05, 3.63) is 0 Å². The number of hydrogen-bond acceptors (Lipinski definition) is 7. The lowest BCUT2D eigenvalue weighted by Gasteiger charge is -2.61. The first kappa shape index (κ1) is 26.3. The number of imide groups is 2. The zero-order chi connectivity index (χ0) is 24.9. The van der Waals surface area contributed by atoms with Gasteiger partial charge in [0.15, 0.2) is 0 Å². The summed E-state index contributed by atoms with van der Waals surface area (Å²) in [6.45, 7) is 2.31. The lowest BCUT2D eigenvalue weighted by Crippen LogP contribution is -2.69. The van der Waals surface area contributed by atoms with Crippen molar-refractivity contribution in [2.45, 2.75) is 69.4 Å². The van der Waals surface area contributed by atoms with Crippen LogP contribution >= 0.6 is 0 Å². The van der Waals surface area contributed by atoms with Crippen LogP contribution in [0, 0.1) is 11.3 Å². The van der Waals surface area contributed by atoms with Crippen LogP contribution in [0.15, 0.2) is 0 Å². The Bertz CT molecular complexity index is 780. The molecule has 5 amide bonds. The van der Waals surface area contributed by atoms with E-state index in [1.807, 2.05) is 12.4 Å². The van der Waals surface area contributed by atoms with Crippen LogP contribution in [0.2, 0.25) is 0 Å². The lowest BCUT2D eigenvalue weighted by molar-refractivity contribution is -0.169. The third-order valence-corrected chi connectivity index (χ3v) is 8.30. The number of hydrogen-bond donors (Lipinski definition) is 1. The number of nitrogens with one attached hydrogen (secondary N) is 1. The maximum absolute atomic E-state index is 13.3. The molecule has 0 radical (unpaired) electrons. The summed E-state index contributed by atoms with van der Waals surface area (Å²) in [5.74, 6) is -0.567. The summed E-state index contributed by atoms with van der Waals surface area (Å²) in [6, 6.07) is 0.0328. The summed E-state index contributed by atoms with van der Waals surface area (Å²) in [5, 5.41) is 2.00. The topological polar surface area (TPSA) is 116 Å². The van der Waals surface area contributed by atoms with Crippen molar-refractivity contribution in [1.82, 2.24) is 20.0 Å². The maximum atomic E-state index is 13.3. The molecule has 1 aliphatic heterocycles. The minimum Gasteiger partial charge on any atom is -0.381 e. The monoisotopic (exact) mass is 478 g/mol. The van der Waals surface area contributed by atoms with Gasteiger partial charge in [0.1, 0.15) is 12.0 Å². The van der Waals surface area contributed by atoms with Crippen molar-refractivity contribution in [3.63, 3.8) is 0 Å². The van der Waals surface area contributed by atoms with E-state index in [0.29, 0.717) is 25.2 Å². The molecule has 1 N–H and O–H groups in total. The highest BCUT2D eigenvalue weighted by molar-refractivity contribution is 6.00. The van der Waals surface area contributed by atoms with Crippen molar-refractivity contribution >= 4 is 30.5 Å². The first-order chi connectivity index (χ1) is 16.2. The molecule has 10 heteroatoms. The molecule has 3 aliphatic rings. The summed E-state index contributed by atoms with van der Waals surface area (Å²) in [6.07, 6.45) is 7.30. The molecule has 2 saturated carbocycles. The van der Waals surface area contributed by atoms with E-state index in [1.54, 1.807) is 11.9 Å². The Morgan fingerprint density at radius 3 is 2.18 bits per heavy atom. The van der Waals surface area contributed by atoms with Gasteiger partial charge in [-0.2, -0.15) is 0 Å². The highest BCUT2D eigenvalue weighted by Gasteiger charge is 2.62. The Kier molecular flexibility index (Phi) is 8.46. The van der Waals surface area contributed by atoms with Gasteiger partial charge in [0, 0.05) is 39.9 Å². The quantitative estimate of drug-likeness (QED) is 0.380. The smallest absolute Gasteiger partial charge is 0.249 e. The average molecular weight is 479 g/mol. The summed E-state index contributed by atoms with van der Waals surface area (Å²) >= 11 is 0. The van der Waals surface area contributed by atoms with Gasteiger partial charge in [-0.15, -0.1) is 0 Å². The first-order valence-electron chi connectivity index (χ1n) is 12.2. The highest BCUT2D eigenvalue weighted by Crippen LogP contribution is 2.59. The molecule has 1 spiro atoms. The average Bonchev–Trinajstić information content (AvgIpc) is 2.81. The molecule has 0 aromatic heterocycles. The van der Waals surface area contributed by atoms with Gasteiger partial charge in [0.2, 0.25) is 30.5 Å². The van der Waals surface area contributed by atoms with Crippen LogP contribution in [0.1, 0.15) is 57.8 Å². The Balaban J connectivity index is 1.61. The molecule has 0 unspecified atom stereocenters. The highest BCUT2D eigenvalue weighted by atomic mass is 16.5. The Labute approximate surface area is 201 Å². The van der Waals surface area contributed by atoms with Gasteiger partial charge in [-0.1, -0.05) is 0 Å². The first-order valence-corrected chi connectivity index (χ1v) is 12.2. The summed E-state index contributed by atoms with van der Waals surface area (Å²) in [4.78, 5) is 64.0. The minimum absolute atomic E-state index is 0.0264. The molecular formula is C24H38N4O6. The van der Waals surface area contributed by atoms with Crippen molar-refractivity contribution in [2.24, 2.45) is 11.3 Å². The molecular weight excluding hydrogens is 440 g/mol. The molecule has 0 aromatic carbocycles. The molecule has 0 aromatic rings. The minimum atomic E-state index is -0.671. The number of ether oxygens (including phenoxy) is 1. The second-order valence-corrected chi connectivity index (χ2v) is 10.4. The van der Waals surface area contributed by atoms with E-state index in [2.05, 4.69) is 4.90 Å². The van der Waals surface area contributed by atoms with Crippen LogP contribution in [-0.4, -0.2) is 97.7 Å². The zero-order valence-electron chi connectivity index (χ0n) is 20.6. The summed E-state index contributed by atoms with van der Waals surface area (Å²) in [7, 11) is 5.23. The molecule has 0 atom stereocenters. The number of likely N-dealkylation sites (N-methyl/N-ethyl adjacent to an activating group) is 2. The Morgan fingerprint density at radius 1 is 1.00 bits per heavy atom. The molecule has 0 bridgehead atoms. The van der Waals surface area contributed by atoms with Crippen molar-refractivity contribution in [2.75, 3.05) is 40.9 Å². The van der Waals surface area contributed by atoms with Crippen LogP contribution in [0.4, 0.5) is 0 Å². The van der Waals surface area contributed by atoms with E-state index in [4.69, 9.17) is 4.74 Å². The molecule has 10 nitrogen and oxygen atoms in total. The summed E-state index contributed by atoms with van der Waals surface area (Å²) < 4.78 is 5.47. The second-order valence-electron chi connectivity index (χ2n) is 10.4. The molecule has 190 valence electrons.